The van der Waals surface area contributed by atoms with Gasteiger partial charge in [0.05, 0.1) is 0 Å². The maximum atomic E-state index is 6.08. The van der Waals surface area contributed by atoms with Gasteiger partial charge in [0.15, 0.2) is 11.8 Å². The molecule has 0 fully saturated rings. The van der Waals surface area contributed by atoms with Crippen LogP contribution in [0, 0.1) is 12.3 Å². The Morgan fingerprint density at radius 3 is 2.76 bits per heavy atom. The number of halogens is 1. The SMILES string of the molecule is CCNC(=NCc1nc(C)no1)NCC(C)(C)Cc1cccc(Cl)c1. The van der Waals surface area contributed by atoms with Crippen molar-refractivity contribution in [3.05, 3.63) is 46.6 Å². The molecule has 136 valence electrons. The van der Waals surface area contributed by atoms with Crippen molar-refractivity contribution in [3.63, 3.8) is 0 Å². The number of hydrogen-bond acceptors (Lipinski definition) is 4. The molecule has 0 amide bonds. The molecule has 2 rings (SSSR count). The summed E-state index contributed by atoms with van der Waals surface area (Å²) >= 11 is 6.08. The van der Waals surface area contributed by atoms with Crippen molar-refractivity contribution < 1.29 is 4.52 Å². The molecule has 1 aromatic heterocycles. The lowest BCUT2D eigenvalue weighted by Crippen LogP contribution is -2.42. The second-order valence-corrected chi connectivity index (χ2v) is 7.19. The summed E-state index contributed by atoms with van der Waals surface area (Å²) in [5.74, 6) is 1.86. The summed E-state index contributed by atoms with van der Waals surface area (Å²) in [5, 5.41) is 11.2. The van der Waals surface area contributed by atoms with Gasteiger partial charge in [-0.3, -0.25) is 0 Å². The molecule has 2 N–H and O–H groups in total. The van der Waals surface area contributed by atoms with Gasteiger partial charge < -0.3 is 15.2 Å². The van der Waals surface area contributed by atoms with Gasteiger partial charge in [0.25, 0.3) is 0 Å². The first-order valence-corrected chi connectivity index (χ1v) is 8.81. The molecule has 0 saturated carbocycles. The molecule has 2 aromatic rings. The summed E-state index contributed by atoms with van der Waals surface area (Å²) in [7, 11) is 0. The van der Waals surface area contributed by atoms with Crippen LogP contribution >= 0.6 is 11.6 Å². The average Bonchev–Trinajstić information content (AvgIpc) is 2.95. The Morgan fingerprint density at radius 1 is 1.32 bits per heavy atom. The maximum absolute atomic E-state index is 6.08. The predicted octanol–water partition coefficient (Wildman–Crippen LogP) is 3.36. The van der Waals surface area contributed by atoms with Crippen molar-refractivity contribution in [2.24, 2.45) is 10.4 Å². The summed E-state index contributed by atoms with van der Waals surface area (Å²) in [6.45, 7) is 10.2. The highest BCUT2D eigenvalue weighted by Gasteiger charge is 2.19. The molecule has 25 heavy (non-hydrogen) atoms. The third-order valence-electron chi connectivity index (χ3n) is 3.59. The van der Waals surface area contributed by atoms with E-state index in [1.807, 2.05) is 25.1 Å². The smallest absolute Gasteiger partial charge is 0.248 e. The molecule has 1 heterocycles. The van der Waals surface area contributed by atoms with E-state index >= 15 is 0 Å². The van der Waals surface area contributed by atoms with Gasteiger partial charge in [0.1, 0.15) is 6.54 Å². The largest absolute Gasteiger partial charge is 0.357 e. The van der Waals surface area contributed by atoms with Crippen molar-refractivity contribution in [1.82, 2.24) is 20.8 Å². The lowest BCUT2D eigenvalue weighted by molar-refractivity contribution is 0.358. The van der Waals surface area contributed by atoms with Gasteiger partial charge in [-0.25, -0.2) is 4.99 Å². The lowest BCUT2D eigenvalue weighted by atomic mass is 9.86. The van der Waals surface area contributed by atoms with Crippen LogP contribution in [0.25, 0.3) is 0 Å². The molecule has 6 nitrogen and oxygen atoms in total. The van der Waals surface area contributed by atoms with Gasteiger partial charge in [0.2, 0.25) is 5.89 Å². The number of hydrogen-bond donors (Lipinski definition) is 2. The van der Waals surface area contributed by atoms with Crippen molar-refractivity contribution in [3.8, 4) is 0 Å². The van der Waals surface area contributed by atoms with Crippen LogP contribution in [0.4, 0.5) is 0 Å². The molecule has 0 radical (unpaired) electrons. The highest BCUT2D eigenvalue weighted by Crippen LogP contribution is 2.22. The third kappa shape index (κ3) is 6.74. The average molecular weight is 364 g/mol. The number of aromatic nitrogens is 2. The number of benzene rings is 1. The fourth-order valence-electron chi connectivity index (χ4n) is 2.48. The summed E-state index contributed by atoms with van der Waals surface area (Å²) in [6, 6.07) is 8.00. The first-order valence-electron chi connectivity index (χ1n) is 8.44. The van der Waals surface area contributed by atoms with Crippen molar-refractivity contribution >= 4 is 17.6 Å². The summed E-state index contributed by atoms with van der Waals surface area (Å²) in [5.41, 5.74) is 1.27. The van der Waals surface area contributed by atoms with Crippen LogP contribution in [0.3, 0.4) is 0 Å². The Balaban J connectivity index is 1.94. The van der Waals surface area contributed by atoms with Gasteiger partial charge in [-0.05, 0) is 43.4 Å². The molecule has 0 spiro atoms. The van der Waals surface area contributed by atoms with Crippen LogP contribution in [0.5, 0.6) is 0 Å². The Labute approximate surface area is 154 Å². The van der Waals surface area contributed by atoms with E-state index < -0.39 is 0 Å². The number of rotatable bonds is 7. The maximum Gasteiger partial charge on any atom is 0.248 e. The molecule has 0 bridgehead atoms. The van der Waals surface area contributed by atoms with Crippen LogP contribution in [-0.4, -0.2) is 29.2 Å². The van der Waals surface area contributed by atoms with E-state index in [9.17, 15) is 0 Å². The molecule has 0 aliphatic rings. The van der Waals surface area contributed by atoms with Gasteiger partial charge in [-0.1, -0.05) is 42.7 Å². The van der Waals surface area contributed by atoms with Gasteiger partial charge >= 0.3 is 0 Å². The van der Waals surface area contributed by atoms with Crippen molar-refractivity contribution in [2.75, 3.05) is 13.1 Å². The minimum Gasteiger partial charge on any atom is -0.357 e. The van der Waals surface area contributed by atoms with Crippen LogP contribution in [0.2, 0.25) is 5.02 Å². The van der Waals surface area contributed by atoms with Crippen molar-refractivity contribution in [1.29, 1.82) is 0 Å². The molecule has 0 atom stereocenters. The van der Waals surface area contributed by atoms with Gasteiger partial charge in [-0.2, -0.15) is 4.98 Å². The number of guanidine groups is 1. The number of aliphatic imine (C=N–C) groups is 1. The quantitative estimate of drug-likeness (QED) is 0.582. The minimum atomic E-state index is 0.0436. The zero-order valence-electron chi connectivity index (χ0n) is 15.3. The number of aryl methyl sites for hydroxylation is 1. The van der Waals surface area contributed by atoms with E-state index in [0.29, 0.717) is 18.3 Å². The highest BCUT2D eigenvalue weighted by molar-refractivity contribution is 6.30. The van der Waals surface area contributed by atoms with E-state index in [-0.39, 0.29) is 5.41 Å². The molecular weight excluding hydrogens is 338 g/mol. The fourth-order valence-corrected chi connectivity index (χ4v) is 2.69. The van der Waals surface area contributed by atoms with E-state index in [0.717, 1.165) is 30.5 Å². The Hall–Kier alpha value is -2.08. The van der Waals surface area contributed by atoms with Crippen LogP contribution in [0.15, 0.2) is 33.8 Å². The van der Waals surface area contributed by atoms with Gasteiger partial charge in [0, 0.05) is 18.1 Å². The highest BCUT2D eigenvalue weighted by atomic mass is 35.5. The van der Waals surface area contributed by atoms with Gasteiger partial charge in [-0.15, -0.1) is 0 Å². The van der Waals surface area contributed by atoms with E-state index in [1.165, 1.54) is 5.56 Å². The summed E-state index contributed by atoms with van der Waals surface area (Å²) < 4.78 is 5.09. The molecular formula is C18H26ClN5O. The third-order valence-corrected chi connectivity index (χ3v) is 3.83. The van der Waals surface area contributed by atoms with Crippen LogP contribution < -0.4 is 10.6 Å². The van der Waals surface area contributed by atoms with Crippen LogP contribution in [0.1, 0.15) is 38.0 Å². The lowest BCUT2D eigenvalue weighted by Gasteiger charge is -2.26. The second-order valence-electron chi connectivity index (χ2n) is 6.75. The zero-order valence-corrected chi connectivity index (χ0v) is 16.0. The normalized spacial score (nSPS) is 12.3. The second kappa shape index (κ2) is 8.85. The predicted molar refractivity (Wildman–Crippen MR) is 101 cm³/mol. The fraction of sp³-hybridized carbons (Fsp3) is 0.500. The van der Waals surface area contributed by atoms with E-state index in [4.69, 9.17) is 16.1 Å². The molecule has 0 unspecified atom stereocenters. The molecule has 1 aromatic carbocycles. The minimum absolute atomic E-state index is 0.0436. The van der Waals surface area contributed by atoms with E-state index in [1.54, 1.807) is 6.92 Å². The first-order chi connectivity index (χ1) is 11.9. The molecule has 0 aliphatic heterocycles. The van der Waals surface area contributed by atoms with Crippen molar-refractivity contribution in [2.45, 2.75) is 40.7 Å². The first kappa shape index (κ1) is 19.2. The standard InChI is InChI=1S/C18H26ClN5O/c1-5-20-17(21-11-16-23-13(2)24-25-16)22-12-18(3,4)10-14-7-6-8-15(19)9-14/h6-9H,5,10-12H2,1-4H3,(H2,20,21,22). The summed E-state index contributed by atoms with van der Waals surface area (Å²) in [4.78, 5) is 8.66. The molecule has 0 saturated heterocycles. The molecule has 7 heteroatoms. The summed E-state index contributed by atoms with van der Waals surface area (Å²) in [6.07, 6.45) is 0.919. The Morgan fingerprint density at radius 2 is 2.12 bits per heavy atom. The Bertz CT molecular complexity index is 711. The topological polar surface area (TPSA) is 75.3 Å². The van der Waals surface area contributed by atoms with E-state index in [2.05, 4.69) is 45.7 Å². The zero-order chi connectivity index (χ0) is 18.3. The molecule has 0 aliphatic carbocycles. The number of nitrogens with one attached hydrogen (secondary N) is 2. The number of nitrogens with zero attached hydrogens (tertiary/aromatic N) is 3. The monoisotopic (exact) mass is 363 g/mol. The Kier molecular flexibility index (Phi) is 6.82. The van der Waals surface area contributed by atoms with Crippen LogP contribution in [-0.2, 0) is 13.0 Å².